The monoisotopic (exact) mass is 446 g/mol. The van der Waals surface area contributed by atoms with E-state index < -0.39 is 10.0 Å². The smallest absolute Gasteiger partial charge is 0.244 e. The van der Waals surface area contributed by atoms with Crippen LogP contribution in [-0.4, -0.2) is 23.8 Å². The van der Waals surface area contributed by atoms with E-state index in [0.29, 0.717) is 18.0 Å². The lowest BCUT2D eigenvalue weighted by atomic mass is 10.1. The summed E-state index contributed by atoms with van der Waals surface area (Å²) in [7, 11) is -3.65. The summed E-state index contributed by atoms with van der Waals surface area (Å²) in [6, 6.07) is 27.5. The molecule has 0 aliphatic carbocycles. The number of unbranched alkanes of at least 4 members (excludes halogenated alkanes) is 2. The van der Waals surface area contributed by atoms with E-state index >= 15 is 0 Å². The molecule has 0 spiro atoms. The second kappa shape index (κ2) is 10.2. The minimum Gasteiger partial charge on any atom is -0.346 e. The van der Waals surface area contributed by atoms with Crippen LogP contribution in [0, 0.1) is 0 Å². The van der Waals surface area contributed by atoms with Crippen LogP contribution in [0.2, 0.25) is 0 Å². The van der Waals surface area contributed by atoms with Crippen LogP contribution in [-0.2, 0) is 23.1 Å². The normalized spacial score (nSPS) is 11.9. The van der Waals surface area contributed by atoms with Gasteiger partial charge in [-0.15, -0.1) is 0 Å². The van der Waals surface area contributed by atoms with Gasteiger partial charge in [0, 0.05) is 30.4 Å². The molecule has 0 atom stereocenters. The number of hydrogen-bond donors (Lipinski definition) is 0. The second-order valence-electron chi connectivity index (χ2n) is 8.14. The molecule has 0 unspecified atom stereocenters. The van der Waals surface area contributed by atoms with Gasteiger partial charge >= 0.3 is 0 Å². The van der Waals surface area contributed by atoms with Crippen LogP contribution < -0.4 is 0 Å². The summed E-state index contributed by atoms with van der Waals surface area (Å²) in [5, 5.41) is 1.71. The molecule has 1 heterocycles. The van der Waals surface area contributed by atoms with Crippen molar-refractivity contribution in [2.75, 3.05) is 6.54 Å². The lowest BCUT2D eigenvalue weighted by Crippen LogP contribution is -2.32. The zero-order valence-corrected chi connectivity index (χ0v) is 19.3. The van der Waals surface area contributed by atoms with Gasteiger partial charge in [0.15, 0.2) is 0 Å². The van der Waals surface area contributed by atoms with Gasteiger partial charge in [-0.1, -0.05) is 86.5 Å². The van der Waals surface area contributed by atoms with Crippen LogP contribution in [0.25, 0.3) is 10.8 Å². The SMILES string of the molecule is CCCCCN(Cc1cccn1Cc1ccccc1)S(=O)(=O)c1cccc2ccccc12. The van der Waals surface area contributed by atoms with Crippen molar-refractivity contribution in [1.29, 1.82) is 0 Å². The van der Waals surface area contributed by atoms with E-state index in [0.717, 1.165) is 42.3 Å². The van der Waals surface area contributed by atoms with Crippen LogP contribution in [0.15, 0.2) is 96.0 Å². The number of fused-ring (bicyclic) bond motifs is 1. The number of hydrogen-bond acceptors (Lipinski definition) is 2. The Balaban J connectivity index is 1.67. The highest BCUT2D eigenvalue weighted by atomic mass is 32.2. The third-order valence-electron chi connectivity index (χ3n) is 5.84. The highest BCUT2D eigenvalue weighted by molar-refractivity contribution is 7.89. The third kappa shape index (κ3) is 4.95. The Bertz CT molecular complexity index is 1260. The molecular weight excluding hydrogens is 416 g/mol. The van der Waals surface area contributed by atoms with E-state index in [1.54, 1.807) is 10.4 Å². The number of benzene rings is 3. The number of rotatable bonds is 10. The van der Waals surface area contributed by atoms with Gasteiger partial charge in [-0.25, -0.2) is 8.42 Å². The van der Waals surface area contributed by atoms with Gasteiger partial charge in [0.25, 0.3) is 0 Å². The molecule has 4 nitrogen and oxygen atoms in total. The van der Waals surface area contributed by atoms with Gasteiger partial charge in [-0.2, -0.15) is 4.31 Å². The molecular formula is C27H30N2O2S. The van der Waals surface area contributed by atoms with E-state index in [1.165, 1.54) is 5.56 Å². The molecule has 0 aliphatic rings. The topological polar surface area (TPSA) is 42.3 Å². The molecule has 0 N–H and O–H groups in total. The lowest BCUT2D eigenvalue weighted by Gasteiger charge is -2.24. The predicted molar refractivity (Wildman–Crippen MR) is 131 cm³/mol. The molecule has 0 aliphatic heterocycles. The predicted octanol–water partition coefficient (Wildman–Crippen LogP) is 6.07. The van der Waals surface area contributed by atoms with Crippen molar-refractivity contribution in [2.24, 2.45) is 0 Å². The molecule has 0 saturated carbocycles. The first-order valence-electron chi connectivity index (χ1n) is 11.3. The highest BCUT2D eigenvalue weighted by Gasteiger charge is 2.27. The maximum atomic E-state index is 13.9. The number of aromatic nitrogens is 1. The van der Waals surface area contributed by atoms with Crippen molar-refractivity contribution in [2.45, 2.75) is 44.2 Å². The zero-order valence-electron chi connectivity index (χ0n) is 18.5. The van der Waals surface area contributed by atoms with Crippen LogP contribution >= 0.6 is 0 Å². The Labute approximate surface area is 191 Å². The molecule has 4 rings (SSSR count). The first-order chi connectivity index (χ1) is 15.6. The van der Waals surface area contributed by atoms with Crippen LogP contribution in [0.3, 0.4) is 0 Å². The number of sulfonamides is 1. The van der Waals surface area contributed by atoms with Crippen molar-refractivity contribution in [3.8, 4) is 0 Å². The van der Waals surface area contributed by atoms with Gasteiger partial charge in [0.1, 0.15) is 0 Å². The summed E-state index contributed by atoms with van der Waals surface area (Å²) in [5.41, 5.74) is 2.19. The largest absolute Gasteiger partial charge is 0.346 e. The van der Waals surface area contributed by atoms with Crippen molar-refractivity contribution >= 4 is 20.8 Å². The summed E-state index contributed by atoms with van der Waals surface area (Å²) >= 11 is 0. The summed E-state index contributed by atoms with van der Waals surface area (Å²) < 4.78 is 31.5. The van der Waals surface area contributed by atoms with Crippen molar-refractivity contribution < 1.29 is 8.42 Å². The maximum absolute atomic E-state index is 13.9. The highest BCUT2D eigenvalue weighted by Crippen LogP contribution is 2.27. The minimum atomic E-state index is -3.65. The lowest BCUT2D eigenvalue weighted by molar-refractivity contribution is 0.386. The zero-order chi connectivity index (χ0) is 22.4. The Hall–Kier alpha value is -2.89. The fourth-order valence-electron chi connectivity index (χ4n) is 4.09. The van der Waals surface area contributed by atoms with E-state index in [-0.39, 0.29) is 0 Å². The first kappa shape index (κ1) is 22.3. The van der Waals surface area contributed by atoms with E-state index in [1.807, 2.05) is 72.9 Å². The minimum absolute atomic E-state index is 0.356. The molecule has 0 amide bonds. The first-order valence-corrected chi connectivity index (χ1v) is 12.7. The summed E-state index contributed by atoms with van der Waals surface area (Å²) in [6.45, 7) is 3.72. The Morgan fingerprint density at radius 3 is 2.38 bits per heavy atom. The fraction of sp³-hybridized carbons (Fsp3) is 0.259. The van der Waals surface area contributed by atoms with Gasteiger partial charge in [0.2, 0.25) is 10.0 Å². The van der Waals surface area contributed by atoms with E-state index in [4.69, 9.17) is 0 Å². The molecule has 4 aromatic rings. The fourth-order valence-corrected chi connectivity index (χ4v) is 5.75. The average molecular weight is 447 g/mol. The Morgan fingerprint density at radius 2 is 1.56 bits per heavy atom. The van der Waals surface area contributed by atoms with E-state index in [9.17, 15) is 8.42 Å². The Morgan fingerprint density at radius 1 is 0.812 bits per heavy atom. The summed E-state index contributed by atoms with van der Waals surface area (Å²) in [4.78, 5) is 0.383. The van der Waals surface area contributed by atoms with Gasteiger partial charge < -0.3 is 4.57 Å². The quantitative estimate of drug-likeness (QED) is 0.277. The Kier molecular flexibility index (Phi) is 7.08. The molecule has 0 bridgehead atoms. The molecule has 0 saturated heterocycles. The van der Waals surface area contributed by atoms with Crippen LogP contribution in [0.4, 0.5) is 0 Å². The van der Waals surface area contributed by atoms with Crippen LogP contribution in [0.1, 0.15) is 37.4 Å². The average Bonchev–Trinajstić information content (AvgIpc) is 3.25. The van der Waals surface area contributed by atoms with Crippen molar-refractivity contribution in [3.05, 3.63) is 102 Å². The van der Waals surface area contributed by atoms with E-state index in [2.05, 4.69) is 23.6 Å². The second-order valence-corrected chi connectivity index (χ2v) is 10.0. The molecule has 32 heavy (non-hydrogen) atoms. The summed E-state index contributed by atoms with van der Waals surface area (Å²) in [6.07, 6.45) is 4.93. The molecule has 5 heteroatoms. The van der Waals surface area contributed by atoms with Gasteiger partial charge in [-0.3, -0.25) is 0 Å². The van der Waals surface area contributed by atoms with Crippen molar-refractivity contribution in [1.82, 2.24) is 8.87 Å². The standard InChI is InChI=1S/C27H30N2O2S/c1-2-3-9-20-29(22-25-16-11-19-28(25)21-23-12-5-4-6-13-23)32(30,31)27-18-10-15-24-14-7-8-17-26(24)27/h4-8,10-19H,2-3,9,20-22H2,1H3. The summed E-state index contributed by atoms with van der Waals surface area (Å²) in [5.74, 6) is 0. The maximum Gasteiger partial charge on any atom is 0.244 e. The number of nitrogens with zero attached hydrogens (tertiary/aromatic N) is 2. The molecule has 1 aromatic heterocycles. The molecule has 166 valence electrons. The molecule has 3 aromatic carbocycles. The van der Waals surface area contributed by atoms with Gasteiger partial charge in [-0.05, 0) is 35.6 Å². The third-order valence-corrected chi connectivity index (χ3v) is 7.74. The molecule has 0 fully saturated rings. The van der Waals surface area contributed by atoms with Crippen molar-refractivity contribution in [3.63, 3.8) is 0 Å². The van der Waals surface area contributed by atoms with Crippen LogP contribution in [0.5, 0.6) is 0 Å². The molecule has 0 radical (unpaired) electrons. The van der Waals surface area contributed by atoms with Gasteiger partial charge in [0.05, 0.1) is 11.4 Å².